The summed E-state index contributed by atoms with van der Waals surface area (Å²) in [5.41, 5.74) is 0.948. The average Bonchev–Trinajstić information content (AvgIpc) is 3.25. The van der Waals surface area contributed by atoms with E-state index in [-0.39, 0.29) is 12.3 Å². The van der Waals surface area contributed by atoms with Crippen LogP contribution in [-0.2, 0) is 18.0 Å². The van der Waals surface area contributed by atoms with Crippen LogP contribution in [0, 0.1) is 11.6 Å². The van der Waals surface area contributed by atoms with E-state index in [0.717, 1.165) is 30.5 Å². The molecule has 1 aromatic heterocycles. The fraction of sp³-hybridized carbons (Fsp3) is 0.318. The van der Waals surface area contributed by atoms with E-state index in [2.05, 4.69) is 15.5 Å². The highest BCUT2D eigenvalue weighted by atomic mass is 19.1. The summed E-state index contributed by atoms with van der Waals surface area (Å²) < 4.78 is 37.9. The molecule has 0 spiro atoms. The van der Waals surface area contributed by atoms with Crippen molar-refractivity contribution in [1.82, 2.24) is 15.0 Å². The Kier molecular flexibility index (Phi) is 6.51. The molecule has 2 heterocycles. The van der Waals surface area contributed by atoms with Crippen LogP contribution in [0.3, 0.4) is 0 Å². The zero-order valence-corrected chi connectivity index (χ0v) is 16.8. The van der Waals surface area contributed by atoms with Crippen molar-refractivity contribution >= 4 is 11.7 Å². The Balaban J connectivity index is 1.39. The Morgan fingerprint density at radius 1 is 1.16 bits per heavy atom. The molecule has 1 fully saturated rings. The first-order valence-electron chi connectivity index (χ1n) is 10.1. The Morgan fingerprint density at radius 3 is 2.81 bits per heavy atom. The summed E-state index contributed by atoms with van der Waals surface area (Å²) in [6, 6.07) is 11.8. The minimum Gasteiger partial charge on any atom is -0.367 e. The highest BCUT2D eigenvalue weighted by Gasteiger charge is 2.32. The zero-order chi connectivity index (χ0) is 21.6. The van der Waals surface area contributed by atoms with E-state index in [1.165, 1.54) is 6.07 Å². The van der Waals surface area contributed by atoms with Crippen LogP contribution in [0.15, 0.2) is 53.1 Å². The molecule has 2 aromatic carbocycles. The minimum absolute atomic E-state index is 0.0844. The highest BCUT2D eigenvalue weighted by molar-refractivity contribution is 5.89. The molecule has 1 N–H and O–H groups in total. The summed E-state index contributed by atoms with van der Waals surface area (Å²) in [7, 11) is 0. The number of likely N-dealkylation sites (tertiary alicyclic amines) is 1. The smallest absolute Gasteiger partial charge is 0.322 e. The highest BCUT2D eigenvalue weighted by Crippen LogP contribution is 2.30. The van der Waals surface area contributed by atoms with Crippen molar-refractivity contribution in [1.29, 1.82) is 0 Å². The van der Waals surface area contributed by atoms with E-state index >= 15 is 0 Å². The number of nitrogens with one attached hydrogen (secondary N) is 1. The summed E-state index contributed by atoms with van der Waals surface area (Å²) in [6.45, 7) is 1.04. The molecular weight excluding hydrogens is 406 g/mol. The van der Waals surface area contributed by atoms with Crippen LogP contribution < -0.4 is 5.32 Å². The third-order valence-corrected chi connectivity index (χ3v) is 5.06. The van der Waals surface area contributed by atoms with Gasteiger partial charge in [-0.15, -0.1) is 0 Å². The van der Waals surface area contributed by atoms with Crippen molar-refractivity contribution in [3.63, 3.8) is 0 Å². The van der Waals surface area contributed by atoms with E-state index in [0.29, 0.717) is 31.3 Å². The van der Waals surface area contributed by atoms with Crippen molar-refractivity contribution in [2.45, 2.75) is 38.5 Å². The number of hydrogen-bond acceptors (Lipinski definition) is 5. The Labute approximate surface area is 178 Å². The van der Waals surface area contributed by atoms with Crippen molar-refractivity contribution in [2.24, 2.45) is 0 Å². The number of aromatic nitrogens is 2. The van der Waals surface area contributed by atoms with Crippen molar-refractivity contribution in [2.75, 3.05) is 11.9 Å². The van der Waals surface area contributed by atoms with Gasteiger partial charge in [0.1, 0.15) is 18.2 Å². The number of benzene rings is 2. The number of rotatable bonds is 6. The van der Waals surface area contributed by atoms with Gasteiger partial charge in [0.05, 0.1) is 18.3 Å². The first-order valence-corrected chi connectivity index (χ1v) is 10.1. The molecule has 2 amide bonds. The van der Waals surface area contributed by atoms with Gasteiger partial charge in [0, 0.05) is 12.6 Å². The molecule has 31 heavy (non-hydrogen) atoms. The average molecular weight is 428 g/mol. The predicted octanol–water partition coefficient (Wildman–Crippen LogP) is 4.82. The number of anilines is 1. The third-order valence-electron chi connectivity index (χ3n) is 5.06. The van der Waals surface area contributed by atoms with E-state index in [4.69, 9.17) is 9.26 Å². The summed E-state index contributed by atoms with van der Waals surface area (Å²) in [5.74, 6) is -0.839. The lowest BCUT2D eigenvalue weighted by molar-refractivity contribution is 0.0850. The summed E-state index contributed by atoms with van der Waals surface area (Å²) in [6.07, 6.45) is 2.36. The van der Waals surface area contributed by atoms with Gasteiger partial charge in [-0.1, -0.05) is 35.5 Å². The van der Waals surface area contributed by atoms with Gasteiger partial charge < -0.3 is 19.5 Å². The van der Waals surface area contributed by atoms with Crippen LogP contribution in [0.5, 0.6) is 0 Å². The van der Waals surface area contributed by atoms with Crippen LogP contribution in [0.4, 0.5) is 19.3 Å². The maximum atomic E-state index is 13.9. The number of carbonyl (C=O) groups is 1. The number of nitrogens with zero attached hydrogens (tertiary/aromatic N) is 3. The van der Waals surface area contributed by atoms with E-state index in [1.54, 1.807) is 4.90 Å². The minimum atomic E-state index is -0.834. The van der Waals surface area contributed by atoms with Gasteiger partial charge in [-0.3, -0.25) is 0 Å². The largest absolute Gasteiger partial charge is 0.367 e. The number of halogens is 2. The van der Waals surface area contributed by atoms with Crippen LogP contribution in [-0.4, -0.2) is 27.6 Å². The van der Waals surface area contributed by atoms with E-state index in [9.17, 15) is 13.6 Å². The van der Waals surface area contributed by atoms with Gasteiger partial charge >= 0.3 is 6.03 Å². The molecule has 0 bridgehead atoms. The molecule has 9 heteroatoms. The summed E-state index contributed by atoms with van der Waals surface area (Å²) in [5, 5.41) is 6.52. The van der Waals surface area contributed by atoms with E-state index < -0.39 is 23.7 Å². The molecule has 3 aromatic rings. The first kappa shape index (κ1) is 20.9. The van der Waals surface area contributed by atoms with Crippen LogP contribution >= 0.6 is 0 Å². The lowest BCUT2D eigenvalue weighted by atomic mass is 10.0. The fourth-order valence-electron chi connectivity index (χ4n) is 3.51. The van der Waals surface area contributed by atoms with Gasteiger partial charge in [-0.25, -0.2) is 13.6 Å². The molecule has 0 aliphatic carbocycles. The summed E-state index contributed by atoms with van der Waals surface area (Å²) in [4.78, 5) is 18.7. The van der Waals surface area contributed by atoms with Crippen molar-refractivity contribution in [3.05, 3.63) is 77.4 Å². The number of carbonyl (C=O) groups excluding carboxylic acids is 1. The molecule has 1 aliphatic heterocycles. The Morgan fingerprint density at radius 2 is 2.00 bits per heavy atom. The lowest BCUT2D eigenvalue weighted by Gasteiger charge is -2.33. The number of amides is 2. The van der Waals surface area contributed by atoms with Crippen molar-refractivity contribution in [3.8, 4) is 0 Å². The molecule has 0 radical (unpaired) electrons. The molecule has 162 valence electrons. The quantitative estimate of drug-likeness (QED) is 0.609. The molecule has 4 rings (SSSR count). The number of hydrogen-bond donors (Lipinski definition) is 1. The van der Waals surface area contributed by atoms with Gasteiger partial charge in [0.25, 0.3) is 5.89 Å². The Hall–Kier alpha value is -3.33. The van der Waals surface area contributed by atoms with Crippen LogP contribution in [0.2, 0.25) is 0 Å². The number of urea groups is 1. The maximum Gasteiger partial charge on any atom is 0.322 e. The lowest BCUT2D eigenvalue weighted by Crippen LogP contribution is -2.41. The SMILES string of the molecule is O=C(Nc1ccc(F)cc1F)N1CCCCC1c1noc(COCc2ccccc2)n1. The molecule has 0 saturated carbocycles. The molecule has 7 nitrogen and oxygen atoms in total. The van der Waals surface area contributed by atoms with Gasteiger partial charge in [0.2, 0.25) is 0 Å². The molecule has 1 unspecified atom stereocenters. The predicted molar refractivity (Wildman–Crippen MR) is 108 cm³/mol. The fourth-order valence-corrected chi connectivity index (χ4v) is 3.51. The standard InChI is InChI=1S/C22H22F2N4O3/c23-16-9-10-18(17(24)12-16)25-22(29)28-11-5-4-8-19(28)21-26-20(31-27-21)14-30-13-15-6-2-1-3-7-15/h1-3,6-7,9-10,12,19H,4-5,8,11,13-14H2,(H,25,29). The second-order valence-corrected chi connectivity index (χ2v) is 7.28. The van der Waals surface area contributed by atoms with Crippen LogP contribution in [0.25, 0.3) is 0 Å². The van der Waals surface area contributed by atoms with Gasteiger partial charge in [-0.2, -0.15) is 4.98 Å². The van der Waals surface area contributed by atoms with Gasteiger partial charge in [0.15, 0.2) is 5.82 Å². The maximum absolute atomic E-state index is 13.9. The first-order chi connectivity index (χ1) is 15.1. The number of piperidine rings is 1. The molecule has 1 aliphatic rings. The van der Waals surface area contributed by atoms with Crippen molar-refractivity contribution < 1.29 is 22.8 Å². The second-order valence-electron chi connectivity index (χ2n) is 7.28. The summed E-state index contributed by atoms with van der Waals surface area (Å²) >= 11 is 0. The van der Waals surface area contributed by atoms with Crippen LogP contribution in [0.1, 0.15) is 42.6 Å². The third kappa shape index (κ3) is 5.24. The normalized spacial score (nSPS) is 16.3. The van der Waals surface area contributed by atoms with Gasteiger partial charge in [-0.05, 0) is 37.0 Å². The Bertz CT molecular complexity index is 1030. The monoisotopic (exact) mass is 428 g/mol. The molecule has 1 saturated heterocycles. The second kappa shape index (κ2) is 9.65. The molecule has 1 atom stereocenters. The molecular formula is C22H22F2N4O3. The topological polar surface area (TPSA) is 80.5 Å². The number of ether oxygens (including phenoxy) is 1. The zero-order valence-electron chi connectivity index (χ0n) is 16.8. The van der Waals surface area contributed by atoms with E-state index in [1.807, 2.05) is 30.3 Å².